The third-order valence-electron chi connectivity index (χ3n) is 19.8. The van der Waals surface area contributed by atoms with Gasteiger partial charge in [-0.15, -0.1) is 0 Å². The predicted molar refractivity (Wildman–Crippen MR) is 220 cm³/mol. The van der Waals surface area contributed by atoms with Crippen molar-refractivity contribution in [2.75, 3.05) is 0 Å². The molecule has 0 aromatic heterocycles. The van der Waals surface area contributed by atoms with Gasteiger partial charge in [0.1, 0.15) is 0 Å². The molecule has 5 heteroatoms. The van der Waals surface area contributed by atoms with Crippen LogP contribution in [-0.2, 0) is 9.47 Å². The molecule has 53 heavy (non-hydrogen) atoms. The maximum atomic E-state index is 7.39. The topological polar surface area (TPSA) is 21.7 Å². The van der Waals surface area contributed by atoms with Gasteiger partial charge in [0.2, 0.25) is 0 Å². The van der Waals surface area contributed by atoms with Crippen LogP contribution in [-0.4, -0.2) is 68.4 Å². The van der Waals surface area contributed by atoms with Crippen molar-refractivity contribution in [3.8, 4) is 0 Å². The van der Waals surface area contributed by atoms with E-state index in [1.54, 1.807) is 44.9 Å². The van der Waals surface area contributed by atoms with Crippen molar-refractivity contribution < 1.29 is 9.47 Å². The predicted octanol–water partition coefficient (Wildman–Crippen LogP) is 11.7. The van der Waals surface area contributed by atoms with Crippen LogP contribution in [0.1, 0.15) is 173 Å². The van der Waals surface area contributed by atoms with E-state index in [0.717, 1.165) is 86.2 Å². The zero-order chi connectivity index (χ0) is 34.6. The van der Waals surface area contributed by atoms with E-state index in [9.17, 15) is 0 Å². The smallest absolute Gasteiger partial charge is 0.0766 e. The average molecular weight is 762 g/mol. The van der Waals surface area contributed by atoms with Gasteiger partial charge in [0.05, 0.1) is 24.4 Å². The molecule has 21 unspecified atom stereocenters. The van der Waals surface area contributed by atoms with Crippen molar-refractivity contribution >= 4 is 23.5 Å². The van der Waals surface area contributed by atoms with E-state index in [1.165, 1.54) is 128 Å². The molecule has 12 fully saturated rings. The first-order chi connectivity index (χ1) is 26.3. The highest BCUT2D eigenvalue weighted by atomic mass is 32.2. The maximum absolute atomic E-state index is 7.39. The fraction of sp³-hybridized carbons (Fsp3) is 1.00. The van der Waals surface area contributed by atoms with E-state index in [4.69, 9.17) is 9.47 Å². The van der Waals surface area contributed by atoms with Gasteiger partial charge in [-0.05, 0) is 162 Å². The summed E-state index contributed by atoms with van der Waals surface area (Å²) in [6.45, 7) is 0. The molecule has 4 saturated heterocycles. The molecule has 12 rings (SSSR count). The van der Waals surface area contributed by atoms with Crippen molar-refractivity contribution in [2.24, 2.45) is 59.2 Å². The van der Waals surface area contributed by atoms with Crippen LogP contribution in [0, 0.1) is 59.2 Å². The number of ether oxygens (including phenoxy) is 2. The lowest BCUT2D eigenvalue weighted by molar-refractivity contribution is -0.120. The molecule has 0 N–H and O–H groups in total. The van der Waals surface area contributed by atoms with Gasteiger partial charge >= 0.3 is 0 Å². The number of thioether (sulfide) groups is 2. The Bertz CT molecular complexity index is 1260. The van der Waals surface area contributed by atoms with Crippen LogP contribution in [0.2, 0.25) is 0 Å². The molecule has 4 heterocycles. The van der Waals surface area contributed by atoms with Crippen molar-refractivity contribution in [1.29, 1.82) is 0 Å². The van der Waals surface area contributed by atoms with Gasteiger partial charge < -0.3 is 9.47 Å². The Morgan fingerprint density at radius 2 is 0.943 bits per heavy atom. The molecule has 4 aliphatic heterocycles. The fourth-order valence-corrected chi connectivity index (χ4v) is 22.8. The summed E-state index contributed by atoms with van der Waals surface area (Å²) in [4.78, 5) is 3.33. The second-order valence-electron chi connectivity index (χ2n) is 21.8. The summed E-state index contributed by atoms with van der Waals surface area (Å²) in [6.07, 6.45) is 42.1. The van der Waals surface area contributed by atoms with Gasteiger partial charge in [-0.2, -0.15) is 23.5 Å². The largest absolute Gasteiger partial charge is 0.373 e. The van der Waals surface area contributed by atoms with E-state index in [0.29, 0.717) is 36.5 Å². The first-order valence-corrected chi connectivity index (χ1v) is 26.6. The van der Waals surface area contributed by atoms with Crippen LogP contribution < -0.4 is 0 Å². The SMILES string of the molecule is C1CCC2C(C1)OC1C2CCCC1N(C1CCCC(C2CCCC3C4CCC5SC6CCCCC6C5C4SC23)C1)C1CCCC2C3CCCCC3OC21. The summed E-state index contributed by atoms with van der Waals surface area (Å²) < 4.78 is 14.8. The molecular formula is C48H75NO2S2. The second-order valence-corrected chi connectivity index (χ2v) is 24.7. The first-order valence-electron chi connectivity index (χ1n) is 24.7. The summed E-state index contributed by atoms with van der Waals surface area (Å²) in [5, 5.41) is 4.05. The molecule has 0 bridgehead atoms. The molecule has 0 spiro atoms. The molecule has 0 aromatic rings. The Morgan fingerprint density at radius 3 is 1.68 bits per heavy atom. The summed E-state index contributed by atoms with van der Waals surface area (Å²) in [7, 11) is 0. The van der Waals surface area contributed by atoms with Gasteiger partial charge in [0.15, 0.2) is 0 Å². The van der Waals surface area contributed by atoms with Crippen LogP contribution >= 0.6 is 23.5 Å². The lowest BCUT2D eigenvalue weighted by Crippen LogP contribution is -2.62. The van der Waals surface area contributed by atoms with Gasteiger partial charge in [-0.3, -0.25) is 4.90 Å². The van der Waals surface area contributed by atoms with E-state index in [1.807, 2.05) is 0 Å². The standard InChI is InChI=1S/C48H75NO2S2/c1-4-22-40-31(13-1)33-17-9-20-38(45(33)50-40)49(39-21-10-18-34-32-14-2-5-23-41(32)51-46(34)39)29-12-7-11-28(27-29)30-16-8-19-35-36-25-26-43-44(48(36)53-47(30)35)37-15-3-6-24-42(37)52-43/h28-48H,1-27H2. The van der Waals surface area contributed by atoms with Crippen molar-refractivity contribution in [1.82, 2.24) is 4.90 Å². The molecule has 12 aliphatic rings. The van der Waals surface area contributed by atoms with E-state index < -0.39 is 0 Å². The Kier molecular flexibility index (Phi) is 9.85. The number of hydrogen-bond donors (Lipinski definition) is 0. The summed E-state index contributed by atoms with van der Waals surface area (Å²) >= 11 is 5.17. The maximum Gasteiger partial charge on any atom is 0.0766 e. The molecule has 0 radical (unpaired) electrons. The van der Waals surface area contributed by atoms with Gasteiger partial charge in [0.25, 0.3) is 0 Å². The normalized spacial score (nSPS) is 57.3. The minimum Gasteiger partial charge on any atom is -0.373 e. The number of rotatable bonds is 4. The fourth-order valence-electron chi connectivity index (χ4n) is 18.0. The molecule has 296 valence electrons. The summed E-state index contributed by atoms with van der Waals surface area (Å²) in [6, 6.07) is 2.08. The molecule has 3 nitrogen and oxygen atoms in total. The average Bonchev–Trinajstić information content (AvgIpc) is 3.98. The van der Waals surface area contributed by atoms with Crippen LogP contribution in [0.4, 0.5) is 0 Å². The Hall–Kier alpha value is 0.580. The second kappa shape index (κ2) is 14.7. The molecule has 21 atom stereocenters. The quantitative estimate of drug-likeness (QED) is 0.284. The molecule has 0 aromatic carbocycles. The molecule has 8 saturated carbocycles. The van der Waals surface area contributed by atoms with E-state index >= 15 is 0 Å². The van der Waals surface area contributed by atoms with Crippen molar-refractivity contribution in [3.63, 3.8) is 0 Å². The van der Waals surface area contributed by atoms with Crippen LogP contribution in [0.25, 0.3) is 0 Å². The summed E-state index contributed by atoms with van der Waals surface area (Å²) in [5.74, 6) is 9.64. The summed E-state index contributed by atoms with van der Waals surface area (Å²) in [5.41, 5.74) is 0. The zero-order valence-corrected chi connectivity index (χ0v) is 34.9. The third-order valence-corrected chi connectivity index (χ3v) is 23.7. The van der Waals surface area contributed by atoms with Gasteiger partial charge in [-0.25, -0.2) is 0 Å². The van der Waals surface area contributed by atoms with Gasteiger partial charge in [0, 0.05) is 39.1 Å². The lowest BCUT2D eigenvalue weighted by atomic mass is 9.62. The van der Waals surface area contributed by atoms with Crippen LogP contribution in [0.5, 0.6) is 0 Å². The Labute approximate surface area is 332 Å². The zero-order valence-electron chi connectivity index (χ0n) is 33.3. The van der Waals surface area contributed by atoms with Crippen molar-refractivity contribution in [3.05, 3.63) is 0 Å². The van der Waals surface area contributed by atoms with Gasteiger partial charge in [-0.1, -0.05) is 70.6 Å². The van der Waals surface area contributed by atoms with E-state index in [2.05, 4.69) is 28.4 Å². The first kappa shape index (κ1) is 35.5. The third kappa shape index (κ3) is 5.93. The lowest BCUT2D eigenvalue weighted by Gasteiger charge is -2.54. The van der Waals surface area contributed by atoms with E-state index in [-0.39, 0.29) is 0 Å². The van der Waals surface area contributed by atoms with Crippen molar-refractivity contribution in [2.45, 2.75) is 237 Å². The molecular weight excluding hydrogens is 687 g/mol. The minimum absolute atomic E-state index is 0.509. The molecule has 0 amide bonds. The number of fused-ring (bicyclic) bond motifs is 13. The Balaban J connectivity index is 0.834. The highest BCUT2D eigenvalue weighted by Crippen LogP contribution is 2.66. The van der Waals surface area contributed by atoms with Crippen LogP contribution in [0.15, 0.2) is 0 Å². The number of nitrogens with zero attached hydrogens (tertiary/aromatic N) is 1. The number of hydrogen-bond acceptors (Lipinski definition) is 5. The Morgan fingerprint density at radius 1 is 0.377 bits per heavy atom. The highest BCUT2D eigenvalue weighted by molar-refractivity contribution is 8.02. The van der Waals surface area contributed by atoms with Crippen LogP contribution in [0.3, 0.4) is 0 Å². The monoisotopic (exact) mass is 762 g/mol. The highest BCUT2D eigenvalue weighted by Gasteiger charge is 2.61. The minimum atomic E-state index is 0.509. The molecule has 8 aliphatic carbocycles.